The first kappa shape index (κ1) is 9.01. The molecule has 0 aromatic heterocycles. The highest BCUT2D eigenvalue weighted by atomic mass is 14.9. The van der Waals surface area contributed by atoms with Crippen LogP contribution in [0.2, 0.25) is 0 Å². The van der Waals surface area contributed by atoms with E-state index in [0.717, 1.165) is 6.42 Å². The van der Waals surface area contributed by atoms with Crippen molar-refractivity contribution < 1.29 is 0 Å². The molecule has 0 aromatic rings. The Kier molecular flexibility index (Phi) is 3.34. The summed E-state index contributed by atoms with van der Waals surface area (Å²) in [6, 6.07) is 1.08. The van der Waals surface area contributed by atoms with Gasteiger partial charge in [0, 0.05) is 12.1 Å². The Bertz CT molecular complexity index is 106. The number of nitrogens with two attached hydrogens (primary N) is 1. The number of hydrogen-bond acceptors (Lipinski definition) is 2. The zero-order chi connectivity index (χ0) is 8.27. The van der Waals surface area contributed by atoms with Crippen LogP contribution in [0.4, 0.5) is 0 Å². The fraction of sp³-hybridized carbons (Fsp3) is 1.00. The van der Waals surface area contributed by atoms with Crippen LogP contribution < -0.4 is 11.1 Å². The summed E-state index contributed by atoms with van der Waals surface area (Å²) in [6.07, 6.45) is 3.80. The van der Waals surface area contributed by atoms with Crippen molar-refractivity contribution in [1.82, 2.24) is 5.32 Å². The Hall–Kier alpha value is -0.0800. The highest BCUT2D eigenvalue weighted by molar-refractivity contribution is 4.79. The summed E-state index contributed by atoms with van der Waals surface area (Å²) in [5.41, 5.74) is 5.96. The van der Waals surface area contributed by atoms with Gasteiger partial charge in [0.1, 0.15) is 0 Å². The quantitative estimate of drug-likeness (QED) is 0.642. The summed E-state index contributed by atoms with van der Waals surface area (Å²) >= 11 is 0. The molecule has 2 unspecified atom stereocenters. The molecule has 1 aliphatic rings. The van der Waals surface area contributed by atoms with Crippen molar-refractivity contribution >= 4 is 0 Å². The van der Waals surface area contributed by atoms with Crippen LogP contribution in [0, 0.1) is 5.92 Å². The van der Waals surface area contributed by atoms with E-state index in [4.69, 9.17) is 5.73 Å². The van der Waals surface area contributed by atoms with Crippen molar-refractivity contribution in [2.75, 3.05) is 6.54 Å². The first-order chi connectivity index (χ1) is 5.20. The van der Waals surface area contributed by atoms with Gasteiger partial charge in [0.2, 0.25) is 0 Å². The van der Waals surface area contributed by atoms with Gasteiger partial charge in [-0.05, 0) is 31.7 Å². The Balaban J connectivity index is 2.18. The standard InChI is InChI=1S/C9H20N2/c1-7(2)9(10)6-8-4-3-5-11-8/h7-9,11H,3-6,10H2,1-2H3. The summed E-state index contributed by atoms with van der Waals surface area (Å²) < 4.78 is 0. The maximum atomic E-state index is 5.96. The highest BCUT2D eigenvalue weighted by Gasteiger charge is 2.18. The Morgan fingerprint density at radius 3 is 2.73 bits per heavy atom. The second kappa shape index (κ2) is 4.07. The molecule has 2 nitrogen and oxygen atoms in total. The van der Waals surface area contributed by atoms with E-state index in [9.17, 15) is 0 Å². The lowest BCUT2D eigenvalue weighted by atomic mass is 9.97. The van der Waals surface area contributed by atoms with Crippen molar-refractivity contribution in [1.29, 1.82) is 0 Å². The summed E-state index contributed by atoms with van der Waals surface area (Å²) in [5, 5.41) is 3.46. The molecule has 66 valence electrons. The third-order valence-electron chi connectivity index (χ3n) is 2.58. The number of hydrogen-bond donors (Lipinski definition) is 2. The van der Waals surface area contributed by atoms with Crippen molar-refractivity contribution in [3.05, 3.63) is 0 Å². The molecule has 2 heteroatoms. The van der Waals surface area contributed by atoms with Crippen LogP contribution in [-0.2, 0) is 0 Å². The Labute approximate surface area is 69.5 Å². The molecule has 0 aliphatic carbocycles. The van der Waals surface area contributed by atoms with Crippen molar-refractivity contribution in [3.8, 4) is 0 Å². The largest absolute Gasteiger partial charge is 0.327 e. The van der Waals surface area contributed by atoms with Crippen LogP contribution in [0.25, 0.3) is 0 Å². The third kappa shape index (κ3) is 2.80. The second-order valence-corrected chi connectivity index (χ2v) is 3.94. The van der Waals surface area contributed by atoms with Gasteiger partial charge in [0.25, 0.3) is 0 Å². The molecule has 0 amide bonds. The lowest BCUT2D eigenvalue weighted by Crippen LogP contribution is -2.34. The topological polar surface area (TPSA) is 38.0 Å². The first-order valence-electron chi connectivity index (χ1n) is 4.69. The van der Waals surface area contributed by atoms with Crippen molar-refractivity contribution in [2.24, 2.45) is 11.7 Å². The molecule has 0 aromatic carbocycles. The molecule has 0 radical (unpaired) electrons. The van der Waals surface area contributed by atoms with Gasteiger partial charge in [-0.1, -0.05) is 13.8 Å². The van der Waals surface area contributed by atoms with Crippen LogP contribution in [0.1, 0.15) is 33.1 Å². The predicted octanol–water partition coefficient (Wildman–Crippen LogP) is 1.11. The maximum absolute atomic E-state index is 5.96. The molecule has 1 heterocycles. The van der Waals surface area contributed by atoms with E-state index in [1.54, 1.807) is 0 Å². The van der Waals surface area contributed by atoms with E-state index in [1.807, 2.05) is 0 Å². The van der Waals surface area contributed by atoms with E-state index in [1.165, 1.54) is 19.4 Å². The maximum Gasteiger partial charge on any atom is 0.00823 e. The van der Waals surface area contributed by atoms with Gasteiger partial charge >= 0.3 is 0 Å². The molecule has 3 N–H and O–H groups in total. The molecule has 0 saturated carbocycles. The summed E-state index contributed by atoms with van der Waals surface area (Å²) in [7, 11) is 0. The average molecular weight is 156 g/mol. The molecular formula is C9H20N2. The average Bonchev–Trinajstić information content (AvgIpc) is 2.39. The predicted molar refractivity (Wildman–Crippen MR) is 48.5 cm³/mol. The van der Waals surface area contributed by atoms with Gasteiger partial charge in [-0.2, -0.15) is 0 Å². The van der Waals surface area contributed by atoms with Crippen LogP contribution >= 0.6 is 0 Å². The molecular weight excluding hydrogens is 136 g/mol. The van der Waals surface area contributed by atoms with E-state index in [2.05, 4.69) is 19.2 Å². The first-order valence-corrected chi connectivity index (χ1v) is 4.69. The lowest BCUT2D eigenvalue weighted by molar-refractivity contribution is 0.407. The monoisotopic (exact) mass is 156 g/mol. The van der Waals surface area contributed by atoms with Gasteiger partial charge in [-0.3, -0.25) is 0 Å². The second-order valence-electron chi connectivity index (χ2n) is 3.94. The van der Waals surface area contributed by atoms with E-state index in [-0.39, 0.29) is 0 Å². The van der Waals surface area contributed by atoms with E-state index in [0.29, 0.717) is 18.0 Å². The van der Waals surface area contributed by atoms with Gasteiger partial charge in [0.05, 0.1) is 0 Å². The molecule has 11 heavy (non-hydrogen) atoms. The minimum atomic E-state index is 0.380. The SMILES string of the molecule is CC(C)C(N)CC1CCCN1. The van der Waals surface area contributed by atoms with Gasteiger partial charge in [-0.25, -0.2) is 0 Å². The Morgan fingerprint density at radius 1 is 1.55 bits per heavy atom. The fourth-order valence-electron chi connectivity index (χ4n) is 1.56. The summed E-state index contributed by atoms with van der Waals surface area (Å²) in [6.45, 7) is 5.58. The minimum Gasteiger partial charge on any atom is -0.327 e. The van der Waals surface area contributed by atoms with Crippen LogP contribution in [0.3, 0.4) is 0 Å². The Morgan fingerprint density at radius 2 is 2.27 bits per heavy atom. The molecule has 1 aliphatic heterocycles. The molecule has 1 fully saturated rings. The zero-order valence-corrected chi connectivity index (χ0v) is 7.64. The number of rotatable bonds is 3. The lowest BCUT2D eigenvalue weighted by Gasteiger charge is -2.19. The summed E-state index contributed by atoms with van der Waals surface area (Å²) in [4.78, 5) is 0. The highest BCUT2D eigenvalue weighted by Crippen LogP contribution is 2.13. The smallest absolute Gasteiger partial charge is 0.00823 e. The summed E-state index contributed by atoms with van der Waals surface area (Å²) in [5.74, 6) is 0.623. The van der Waals surface area contributed by atoms with Crippen LogP contribution in [-0.4, -0.2) is 18.6 Å². The van der Waals surface area contributed by atoms with Crippen molar-refractivity contribution in [3.63, 3.8) is 0 Å². The molecule has 1 saturated heterocycles. The van der Waals surface area contributed by atoms with E-state index >= 15 is 0 Å². The third-order valence-corrected chi connectivity index (χ3v) is 2.58. The van der Waals surface area contributed by atoms with Crippen LogP contribution in [0.5, 0.6) is 0 Å². The molecule has 0 spiro atoms. The van der Waals surface area contributed by atoms with Crippen molar-refractivity contribution in [2.45, 2.75) is 45.2 Å². The zero-order valence-electron chi connectivity index (χ0n) is 7.64. The molecule has 0 bridgehead atoms. The van der Waals surface area contributed by atoms with Crippen LogP contribution in [0.15, 0.2) is 0 Å². The molecule has 1 rings (SSSR count). The fourth-order valence-corrected chi connectivity index (χ4v) is 1.56. The van der Waals surface area contributed by atoms with Gasteiger partial charge in [-0.15, -0.1) is 0 Å². The number of nitrogens with one attached hydrogen (secondary N) is 1. The van der Waals surface area contributed by atoms with Gasteiger partial charge < -0.3 is 11.1 Å². The molecule has 2 atom stereocenters. The van der Waals surface area contributed by atoms with E-state index < -0.39 is 0 Å². The van der Waals surface area contributed by atoms with Gasteiger partial charge in [0.15, 0.2) is 0 Å². The normalized spacial score (nSPS) is 27.8. The minimum absolute atomic E-state index is 0.380.